The van der Waals surface area contributed by atoms with Crippen molar-refractivity contribution in [2.24, 2.45) is 5.73 Å². The van der Waals surface area contributed by atoms with Crippen LogP contribution < -0.4 is 25.4 Å². The molecule has 0 unspecified atom stereocenters. The second-order valence-corrected chi connectivity index (χ2v) is 11.2. The van der Waals surface area contributed by atoms with Gasteiger partial charge in [0.25, 0.3) is 0 Å². The lowest BCUT2D eigenvalue weighted by molar-refractivity contribution is -0.192. The van der Waals surface area contributed by atoms with Crippen LogP contribution in [0.15, 0.2) is 48.5 Å². The van der Waals surface area contributed by atoms with Gasteiger partial charge >= 0.3 is 12.1 Å². The third-order valence-corrected chi connectivity index (χ3v) is 7.80. The van der Waals surface area contributed by atoms with Crippen molar-refractivity contribution in [2.75, 3.05) is 24.7 Å². The van der Waals surface area contributed by atoms with E-state index >= 15 is 0 Å². The van der Waals surface area contributed by atoms with Crippen LogP contribution in [0.5, 0.6) is 17.2 Å². The van der Waals surface area contributed by atoms with Crippen LogP contribution in [0.4, 0.5) is 18.9 Å². The summed E-state index contributed by atoms with van der Waals surface area (Å²) < 4.78 is 43.1. The number of nitrogens with two attached hydrogens (primary N) is 1. The van der Waals surface area contributed by atoms with Crippen molar-refractivity contribution in [1.82, 2.24) is 5.32 Å². The number of phenols is 1. The van der Waals surface area contributed by atoms with E-state index in [1.54, 1.807) is 24.0 Å². The molecule has 0 saturated carbocycles. The van der Waals surface area contributed by atoms with Crippen molar-refractivity contribution in [3.8, 4) is 17.2 Å². The number of carboxylic acids is 1. The van der Waals surface area contributed by atoms with Crippen LogP contribution in [-0.4, -0.2) is 60.0 Å². The van der Waals surface area contributed by atoms with Gasteiger partial charge in [-0.2, -0.15) is 13.2 Å². The minimum absolute atomic E-state index is 0.0319. The molecule has 0 aromatic heterocycles. The first kappa shape index (κ1) is 34.1. The van der Waals surface area contributed by atoms with E-state index in [1.165, 1.54) is 0 Å². The molecule has 2 atom stereocenters. The van der Waals surface area contributed by atoms with Gasteiger partial charge in [-0.3, -0.25) is 9.59 Å². The number of nitrogens with one attached hydrogen (secondary N) is 1. The highest BCUT2D eigenvalue weighted by molar-refractivity contribution is 5.93. The van der Waals surface area contributed by atoms with Gasteiger partial charge in [-0.25, -0.2) is 4.79 Å². The molecule has 5 N–H and O–H groups in total. The zero-order valence-electron chi connectivity index (χ0n) is 25.6. The first-order chi connectivity index (χ1) is 21.6. The number of hydrogen-bond donors (Lipinski definition) is 4. The molecule has 246 valence electrons. The molecule has 2 heterocycles. The van der Waals surface area contributed by atoms with Gasteiger partial charge in [0, 0.05) is 19.2 Å². The molecule has 2 aliphatic heterocycles. The molecular weight excluding hydrogens is 607 g/mol. The van der Waals surface area contributed by atoms with Crippen LogP contribution in [0, 0.1) is 13.8 Å². The Bertz CT molecular complexity index is 1600. The van der Waals surface area contributed by atoms with Gasteiger partial charge in [-0.05, 0) is 96.8 Å². The van der Waals surface area contributed by atoms with E-state index in [1.807, 2.05) is 44.2 Å². The maximum Gasteiger partial charge on any atom is 0.490 e. The number of fused-ring (bicyclic) bond motifs is 2. The molecule has 0 bridgehead atoms. The molecule has 0 saturated heterocycles. The highest BCUT2D eigenvalue weighted by Crippen LogP contribution is 2.36. The Morgan fingerprint density at radius 3 is 2.20 bits per heavy atom. The van der Waals surface area contributed by atoms with Gasteiger partial charge in [-0.15, -0.1) is 0 Å². The number of amides is 2. The number of aliphatic carboxylic acids is 1. The first-order valence-electron chi connectivity index (χ1n) is 14.6. The van der Waals surface area contributed by atoms with Gasteiger partial charge < -0.3 is 35.6 Å². The predicted octanol–water partition coefficient (Wildman–Crippen LogP) is 4.49. The predicted molar refractivity (Wildman–Crippen MR) is 163 cm³/mol. The number of alkyl halides is 3. The second-order valence-electron chi connectivity index (χ2n) is 11.2. The molecule has 0 spiro atoms. The number of hydrogen-bond acceptors (Lipinski definition) is 7. The largest absolute Gasteiger partial charge is 0.508 e. The molecule has 3 aromatic carbocycles. The Morgan fingerprint density at radius 2 is 1.59 bits per heavy atom. The number of carbonyl (C=O) groups is 3. The Hall–Kier alpha value is -4.78. The molecule has 46 heavy (non-hydrogen) atoms. The number of aryl methyl sites for hydroxylation is 2. The van der Waals surface area contributed by atoms with E-state index in [9.17, 15) is 27.9 Å². The van der Waals surface area contributed by atoms with Crippen molar-refractivity contribution in [3.63, 3.8) is 0 Å². The van der Waals surface area contributed by atoms with E-state index in [0.29, 0.717) is 39.0 Å². The van der Waals surface area contributed by atoms with E-state index in [-0.39, 0.29) is 23.6 Å². The fourth-order valence-corrected chi connectivity index (χ4v) is 5.57. The minimum atomic E-state index is -5.08. The number of aromatic hydroxyl groups is 1. The van der Waals surface area contributed by atoms with Crippen LogP contribution in [-0.2, 0) is 27.2 Å². The van der Waals surface area contributed by atoms with Crippen LogP contribution in [0.25, 0.3) is 0 Å². The average molecular weight is 644 g/mol. The number of ether oxygens (including phenoxy) is 2. The Morgan fingerprint density at radius 1 is 1.00 bits per heavy atom. The molecule has 10 nitrogen and oxygen atoms in total. The summed E-state index contributed by atoms with van der Waals surface area (Å²) in [6.45, 7) is 6.97. The number of benzene rings is 3. The standard InChI is InChI=1S/C31H35N3O5.C2HF3O2/c1-18-12-23(36)13-19(2)24(18)17-26(32)31(37)33-27-8-9-34(20(3)35)28-6-4-21(15-25(27)28)14-22-5-7-29-30(16-22)39-11-10-38-29;3-2(4,5)1(6)7/h4-7,12-13,15-16,26-27,36H,8-11,14,17,32H2,1-3H3,(H,33,37);(H,6,7)/t26-,27+;/m0./s1. The summed E-state index contributed by atoms with van der Waals surface area (Å²) in [7, 11) is 0. The van der Waals surface area contributed by atoms with Crippen molar-refractivity contribution in [1.29, 1.82) is 0 Å². The van der Waals surface area contributed by atoms with Crippen molar-refractivity contribution in [3.05, 3.63) is 81.9 Å². The normalized spacial score (nSPS) is 16.0. The summed E-state index contributed by atoms with van der Waals surface area (Å²) in [5, 5.41) is 20.1. The topological polar surface area (TPSA) is 151 Å². The van der Waals surface area contributed by atoms with E-state index in [4.69, 9.17) is 25.1 Å². The average Bonchev–Trinajstić information content (AvgIpc) is 2.98. The van der Waals surface area contributed by atoms with Gasteiger partial charge in [-0.1, -0.05) is 18.2 Å². The number of phenolic OH excluding ortho intramolecular Hbond substituents is 1. The zero-order chi connectivity index (χ0) is 33.8. The van der Waals surface area contributed by atoms with Crippen molar-refractivity contribution in [2.45, 2.75) is 58.3 Å². The first-order valence-corrected chi connectivity index (χ1v) is 14.6. The molecule has 2 amide bonds. The van der Waals surface area contributed by atoms with Gasteiger partial charge in [0.15, 0.2) is 11.5 Å². The maximum absolute atomic E-state index is 13.3. The lowest BCUT2D eigenvalue weighted by Crippen LogP contribution is -2.46. The number of carboxylic acid groups (broad SMARTS) is 1. The molecule has 0 fully saturated rings. The summed E-state index contributed by atoms with van der Waals surface area (Å²) in [5.41, 5.74) is 13.0. The van der Waals surface area contributed by atoms with Gasteiger partial charge in [0.05, 0.1) is 12.1 Å². The van der Waals surface area contributed by atoms with Crippen LogP contribution in [0.3, 0.4) is 0 Å². The fraction of sp³-hybridized carbons (Fsp3) is 0.364. The summed E-state index contributed by atoms with van der Waals surface area (Å²) in [6, 6.07) is 14.4. The summed E-state index contributed by atoms with van der Waals surface area (Å²) in [6.07, 6.45) is -3.45. The summed E-state index contributed by atoms with van der Waals surface area (Å²) in [4.78, 5) is 36.3. The SMILES string of the molecule is CC(=O)N1CC[C@@H](NC(=O)[C@@H](N)Cc2c(C)cc(O)cc2C)c2cc(Cc3ccc4c(c3)OCCO4)ccc21.O=C(O)C(F)(F)F. The highest BCUT2D eigenvalue weighted by Gasteiger charge is 2.38. The second kappa shape index (κ2) is 14.1. The Kier molecular flexibility index (Phi) is 10.5. The molecule has 0 aliphatic carbocycles. The third-order valence-electron chi connectivity index (χ3n) is 7.80. The summed E-state index contributed by atoms with van der Waals surface area (Å²) >= 11 is 0. The van der Waals surface area contributed by atoms with Crippen LogP contribution in [0.1, 0.15) is 52.8 Å². The number of rotatable bonds is 6. The molecule has 5 rings (SSSR count). The third kappa shape index (κ3) is 8.27. The lowest BCUT2D eigenvalue weighted by atomic mass is 9.91. The minimum Gasteiger partial charge on any atom is -0.508 e. The Labute approximate surface area is 263 Å². The number of nitrogens with zero attached hydrogens (tertiary/aromatic N) is 1. The molecule has 3 aromatic rings. The maximum atomic E-state index is 13.3. The van der Waals surface area contributed by atoms with Gasteiger partial charge in [0.1, 0.15) is 19.0 Å². The van der Waals surface area contributed by atoms with Crippen molar-refractivity contribution < 1.29 is 47.2 Å². The Balaban J connectivity index is 0.000000617. The van der Waals surface area contributed by atoms with Crippen molar-refractivity contribution >= 4 is 23.5 Å². The summed E-state index contributed by atoms with van der Waals surface area (Å²) in [5.74, 6) is -1.33. The molecule has 0 radical (unpaired) electrons. The van der Waals surface area contributed by atoms with E-state index in [0.717, 1.165) is 50.6 Å². The zero-order valence-corrected chi connectivity index (χ0v) is 25.6. The number of carbonyl (C=O) groups excluding carboxylic acids is 2. The number of anilines is 1. The van der Waals surface area contributed by atoms with E-state index < -0.39 is 18.2 Å². The lowest BCUT2D eigenvalue weighted by Gasteiger charge is -2.35. The smallest absolute Gasteiger partial charge is 0.490 e. The molecule has 2 aliphatic rings. The van der Waals surface area contributed by atoms with Crippen LogP contribution in [0.2, 0.25) is 0 Å². The van der Waals surface area contributed by atoms with E-state index in [2.05, 4.69) is 11.4 Å². The van der Waals surface area contributed by atoms with Crippen LogP contribution >= 0.6 is 0 Å². The monoisotopic (exact) mass is 643 g/mol. The van der Waals surface area contributed by atoms with Gasteiger partial charge in [0.2, 0.25) is 11.8 Å². The quantitative estimate of drug-likeness (QED) is 0.307. The number of halogens is 3. The molecule has 13 heteroatoms. The fourth-order valence-electron chi connectivity index (χ4n) is 5.57. The molecular formula is C33H36F3N3O7. The highest BCUT2D eigenvalue weighted by atomic mass is 19.4.